The van der Waals surface area contributed by atoms with Crippen molar-refractivity contribution in [2.75, 3.05) is 26.3 Å². The molecule has 0 atom stereocenters. The summed E-state index contributed by atoms with van der Waals surface area (Å²) in [7, 11) is 0. The smallest absolute Gasteiger partial charge is 0.410 e. The molecule has 0 aromatic heterocycles. The SMILES string of the molecule is [C-]#[N+]c1cccc(-c2cc(CCC(=O)OCC)cc(COCC3CCN(C(=O)OC(C)(C)C)CC3)c2)c1. The fraction of sp³-hybridized carbons (Fsp3) is 0.500. The lowest BCUT2D eigenvalue weighted by atomic mass is 9.97. The molecule has 1 aliphatic heterocycles. The number of nitrogens with zero attached hydrogens (tertiary/aromatic N) is 2. The Labute approximate surface area is 220 Å². The maximum absolute atomic E-state index is 12.3. The molecule has 3 rings (SSSR count). The number of carbonyl (C=O) groups is 2. The molecule has 1 aliphatic rings. The summed E-state index contributed by atoms with van der Waals surface area (Å²) < 4.78 is 16.7. The van der Waals surface area contributed by atoms with Crippen LogP contribution in [0, 0.1) is 12.5 Å². The maximum Gasteiger partial charge on any atom is 0.410 e. The van der Waals surface area contributed by atoms with Gasteiger partial charge in [0, 0.05) is 26.1 Å². The normalized spacial score (nSPS) is 14.2. The first kappa shape index (κ1) is 28.2. The Hall–Kier alpha value is -3.37. The zero-order chi connectivity index (χ0) is 26.8. The van der Waals surface area contributed by atoms with E-state index in [1.54, 1.807) is 17.9 Å². The van der Waals surface area contributed by atoms with Gasteiger partial charge in [0.15, 0.2) is 5.69 Å². The molecule has 1 saturated heterocycles. The topological polar surface area (TPSA) is 69.4 Å². The molecular formula is C30H38N2O5. The lowest BCUT2D eigenvalue weighted by Crippen LogP contribution is -2.42. The summed E-state index contributed by atoms with van der Waals surface area (Å²) in [6.07, 6.45) is 2.41. The van der Waals surface area contributed by atoms with E-state index in [4.69, 9.17) is 20.8 Å². The van der Waals surface area contributed by atoms with Gasteiger partial charge in [0.05, 0.1) is 19.8 Å². The number of aryl methyl sites for hydroxylation is 1. The molecule has 2 aromatic carbocycles. The largest absolute Gasteiger partial charge is 0.466 e. The maximum atomic E-state index is 12.3. The average Bonchev–Trinajstić information content (AvgIpc) is 2.87. The molecule has 7 heteroatoms. The zero-order valence-corrected chi connectivity index (χ0v) is 22.4. The first-order valence-electron chi connectivity index (χ1n) is 13.0. The molecule has 0 bridgehead atoms. The van der Waals surface area contributed by atoms with Crippen LogP contribution >= 0.6 is 0 Å². The lowest BCUT2D eigenvalue weighted by molar-refractivity contribution is -0.143. The van der Waals surface area contributed by atoms with Crippen molar-refractivity contribution in [2.24, 2.45) is 5.92 Å². The number of rotatable bonds is 9. The van der Waals surface area contributed by atoms with Gasteiger partial charge in [-0.2, -0.15) is 0 Å². The summed E-state index contributed by atoms with van der Waals surface area (Å²) in [5.74, 6) is 0.180. The number of esters is 1. The van der Waals surface area contributed by atoms with Crippen LogP contribution in [0.4, 0.5) is 10.5 Å². The summed E-state index contributed by atoms with van der Waals surface area (Å²) in [5.41, 5.74) is 4.11. The minimum Gasteiger partial charge on any atom is -0.466 e. The minimum atomic E-state index is -0.488. The number of amides is 1. The van der Waals surface area contributed by atoms with Gasteiger partial charge in [-0.1, -0.05) is 30.3 Å². The molecular weight excluding hydrogens is 468 g/mol. The fourth-order valence-corrected chi connectivity index (χ4v) is 4.34. The summed E-state index contributed by atoms with van der Waals surface area (Å²) in [6, 6.07) is 13.8. The van der Waals surface area contributed by atoms with E-state index < -0.39 is 5.60 Å². The van der Waals surface area contributed by atoms with Crippen molar-refractivity contribution in [3.05, 3.63) is 65.0 Å². The number of ether oxygens (including phenoxy) is 3. The third-order valence-corrected chi connectivity index (χ3v) is 6.17. The highest BCUT2D eigenvalue weighted by atomic mass is 16.6. The van der Waals surface area contributed by atoms with E-state index in [0.29, 0.717) is 57.4 Å². The highest BCUT2D eigenvalue weighted by Gasteiger charge is 2.26. The van der Waals surface area contributed by atoms with Crippen LogP contribution in [0.15, 0.2) is 42.5 Å². The molecule has 1 fully saturated rings. The Morgan fingerprint density at radius 2 is 1.78 bits per heavy atom. The van der Waals surface area contributed by atoms with Crippen molar-refractivity contribution >= 4 is 17.7 Å². The van der Waals surface area contributed by atoms with Crippen molar-refractivity contribution in [1.82, 2.24) is 4.90 Å². The van der Waals surface area contributed by atoms with Crippen LogP contribution in [0.3, 0.4) is 0 Å². The van der Waals surface area contributed by atoms with Gasteiger partial charge in [-0.05, 0) is 87.3 Å². The molecule has 0 spiro atoms. The van der Waals surface area contributed by atoms with E-state index >= 15 is 0 Å². The predicted molar refractivity (Wildman–Crippen MR) is 143 cm³/mol. The van der Waals surface area contributed by atoms with Gasteiger partial charge in [-0.3, -0.25) is 4.79 Å². The van der Waals surface area contributed by atoms with Gasteiger partial charge in [0.1, 0.15) is 5.60 Å². The molecule has 198 valence electrons. The number of hydrogen-bond acceptors (Lipinski definition) is 5. The number of carbonyl (C=O) groups excluding carboxylic acids is 2. The van der Waals surface area contributed by atoms with Gasteiger partial charge in [-0.25, -0.2) is 9.64 Å². The van der Waals surface area contributed by atoms with E-state index in [1.807, 2.05) is 39.0 Å². The first-order valence-corrected chi connectivity index (χ1v) is 13.0. The molecule has 2 aromatic rings. The van der Waals surface area contributed by atoms with Crippen LogP contribution in [0.5, 0.6) is 0 Å². The Balaban J connectivity index is 1.61. The standard InChI is InChI=1S/C30H38N2O5/c1-6-36-28(33)11-10-23-16-24(18-26(17-23)25-8-7-9-27(19-25)31-5)21-35-20-22-12-14-32(15-13-22)29(34)37-30(2,3)4/h7-9,16-19,22H,6,10-15,20-21H2,1-4H3. The number of piperidine rings is 1. The molecule has 1 amide bonds. The van der Waals surface area contributed by atoms with Crippen molar-refractivity contribution in [3.8, 4) is 11.1 Å². The molecule has 0 aliphatic carbocycles. The molecule has 0 N–H and O–H groups in total. The number of benzene rings is 2. The van der Waals surface area contributed by atoms with Crippen LogP contribution in [0.1, 0.15) is 58.1 Å². The molecule has 0 unspecified atom stereocenters. The van der Waals surface area contributed by atoms with Crippen LogP contribution in [-0.2, 0) is 32.0 Å². The Bertz CT molecular complexity index is 1110. The predicted octanol–water partition coefficient (Wildman–Crippen LogP) is 6.56. The second-order valence-corrected chi connectivity index (χ2v) is 10.4. The fourth-order valence-electron chi connectivity index (χ4n) is 4.34. The molecule has 7 nitrogen and oxygen atoms in total. The number of hydrogen-bond donors (Lipinski definition) is 0. The van der Waals surface area contributed by atoms with Gasteiger partial charge in [0.2, 0.25) is 0 Å². The summed E-state index contributed by atoms with van der Waals surface area (Å²) >= 11 is 0. The van der Waals surface area contributed by atoms with E-state index in [-0.39, 0.29) is 12.1 Å². The third-order valence-electron chi connectivity index (χ3n) is 6.17. The highest BCUT2D eigenvalue weighted by Crippen LogP contribution is 2.28. The lowest BCUT2D eigenvalue weighted by Gasteiger charge is -2.33. The average molecular weight is 507 g/mol. The molecule has 0 saturated carbocycles. The quantitative estimate of drug-likeness (QED) is 0.284. The van der Waals surface area contributed by atoms with Crippen LogP contribution in [0.2, 0.25) is 0 Å². The van der Waals surface area contributed by atoms with Crippen molar-refractivity contribution < 1.29 is 23.8 Å². The minimum absolute atomic E-state index is 0.210. The van der Waals surface area contributed by atoms with Gasteiger partial charge in [-0.15, -0.1) is 0 Å². The first-order chi connectivity index (χ1) is 17.7. The third kappa shape index (κ3) is 9.22. The van der Waals surface area contributed by atoms with Gasteiger partial charge < -0.3 is 19.1 Å². The van der Waals surface area contributed by atoms with E-state index in [0.717, 1.165) is 35.1 Å². The summed E-state index contributed by atoms with van der Waals surface area (Å²) in [6.45, 7) is 17.6. The van der Waals surface area contributed by atoms with Crippen molar-refractivity contribution in [2.45, 2.75) is 65.6 Å². The molecule has 0 radical (unpaired) electrons. The van der Waals surface area contributed by atoms with Crippen LogP contribution in [0.25, 0.3) is 16.0 Å². The Morgan fingerprint density at radius 3 is 2.46 bits per heavy atom. The Morgan fingerprint density at radius 1 is 1.05 bits per heavy atom. The summed E-state index contributed by atoms with van der Waals surface area (Å²) in [4.78, 5) is 29.5. The van der Waals surface area contributed by atoms with Crippen molar-refractivity contribution in [3.63, 3.8) is 0 Å². The van der Waals surface area contributed by atoms with Crippen molar-refractivity contribution in [1.29, 1.82) is 0 Å². The second kappa shape index (κ2) is 13.3. The monoisotopic (exact) mass is 506 g/mol. The summed E-state index contributed by atoms with van der Waals surface area (Å²) in [5, 5.41) is 0. The van der Waals surface area contributed by atoms with Crippen LogP contribution < -0.4 is 0 Å². The molecule has 1 heterocycles. The number of likely N-dealkylation sites (tertiary alicyclic amines) is 1. The Kier molecular flexibility index (Phi) is 10.1. The van der Waals surface area contributed by atoms with E-state index in [9.17, 15) is 9.59 Å². The second-order valence-electron chi connectivity index (χ2n) is 10.4. The van der Waals surface area contributed by atoms with Gasteiger partial charge >= 0.3 is 12.1 Å². The van der Waals surface area contributed by atoms with E-state index in [2.05, 4.69) is 23.0 Å². The molecule has 37 heavy (non-hydrogen) atoms. The highest BCUT2D eigenvalue weighted by molar-refractivity contribution is 5.71. The van der Waals surface area contributed by atoms with Crippen LogP contribution in [-0.4, -0.2) is 48.9 Å². The zero-order valence-electron chi connectivity index (χ0n) is 22.4. The van der Waals surface area contributed by atoms with Gasteiger partial charge in [0.25, 0.3) is 0 Å². The van der Waals surface area contributed by atoms with E-state index in [1.165, 1.54) is 0 Å².